The van der Waals surface area contributed by atoms with Gasteiger partial charge in [0, 0.05) is 6.42 Å². The number of para-hydroxylation sites is 1. The van der Waals surface area contributed by atoms with Crippen molar-refractivity contribution < 1.29 is 23.8 Å². The quantitative estimate of drug-likeness (QED) is 0.451. The van der Waals surface area contributed by atoms with Crippen molar-refractivity contribution in [3.8, 4) is 17.2 Å². The topological polar surface area (TPSA) is 77.4 Å². The molecule has 2 heterocycles. The van der Waals surface area contributed by atoms with Gasteiger partial charge in [0.1, 0.15) is 5.75 Å². The SMILES string of the molecule is COc1ccc([C@@H]2CC(c3cccs3)=NN2C(=O)COc2ccccc2C(C)=O)cc1OC. The van der Waals surface area contributed by atoms with Gasteiger partial charge in [-0.2, -0.15) is 5.10 Å². The fraction of sp³-hybridized carbons (Fsp3) is 0.240. The fourth-order valence-corrected chi connectivity index (χ4v) is 4.46. The number of ketones is 1. The molecule has 0 N–H and O–H groups in total. The first-order valence-electron chi connectivity index (χ1n) is 10.4. The van der Waals surface area contributed by atoms with Crippen molar-refractivity contribution in [1.29, 1.82) is 0 Å². The monoisotopic (exact) mass is 464 g/mol. The van der Waals surface area contributed by atoms with Crippen LogP contribution >= 0.6 is 11.3 Å². The van der Waals surface area contributed by atoms with E-state index < -0.39 is 0 Å². The van der Waals surface area contributed by atoms with E-state index in [1.54, 1.807) is 49.8 Å². The molecule has 33 heavy (non-hydrogen) atoms. The number of carbonyl (C=O) groups excluding carboxylic acids is 2. The molecule has 1 amide bonds. The molecule has 0 radical (unpaired) electrons. The number of thiophene rings is 1. The van der Waals surface area contributed by atoms with E-state index in [0.29, 0.717) is 29.2 Å². The Labute approximate surface area is 196 Å². The molecule has 0 bridgehead atoms. The van der Waals surface area contributed by atoms with Crippen molar-refractivity contribution in [3.05, 3.63) is 76.0 Å². The highest BCUT2D eigenvalue weighted by Crippen LogP contribution is 2.38. The van der Waals surface area contributed by atoms with Crippen LogP contribution in [0.5, 0.6) is 17.2 Å². The molecule has 3 aromatic rings. The molecule has 0 spiro atoms. The first-order valence-corrected chi connectivity index (χ1v) is 11.3. The minimum absolute atomic E-state index is 0.125. The standard InChI is InChI=1S/C25H24N2O5S/c1-16(28)18-7-4-5-8-21(18)32-15-25(29)27-20(14-19(26-27)24-9-6-12-33-24)17-10-11-22(30-2)23(13-17)31-3/h4-13,20H,14-15H2,1-3H3/t20-/m0/s1. The molecule has 0 aliphatic carbocycles. The average Bonchev–Trinajstić information content (AvgIpc) is 3.52. The average molecular weight is 465 g/mol. The Morgan fingerprint density at radius 1 is 1.03 bits per heavy atom. The summed E-state index contributed by atoms with van der Waals surface area (Å²) >= 11 is 1.58. The van der Waals surface area contributed by atoms with Crippen LogP contribution in [0.4, 0.5) is 0 Å². The molecule has 2 aromatic carbocycles. The zero-order valence-electron chi connectivity index (χ0n) is 18.6. The normalized spacial score (nSPS) is 15.2. The van der Waals surface area contributed by atoms with Gasteiger partial charge in [-0.3, -0.25) is 9.59 Å². The van der Waals surface area contributed by atoms with E-state index in [-0.39, 0.29) is 24.3 Å². The van der Waals surface area contributed by atoms with Crippen molar-refractivity contribution in [1.82, 2.24) is 5.01 Å². The van der Waals surface area contributed by atoms with Crippen molar-refractivity contribution in [2.24, 2.45) is 5.10 Å². The lowest BCUT2D eigenvalue weighted by Crippen LogP contribution is -2.31. The van der Waals surface area contributed by atoms with Gasteiger partial charge in [0.05, 0.1) is 36.4 Å². The van der Waals surface area contributed by atoms with E-state index in [1.807, 2.05) is 35.7 Å². The van der Waals surface area contributed by atoms with E-state index in [0.717, 1.165) is 16.2 Å². The number of methoxy groups -OCH3 is 2. The van der Waals surface area contributed by atoms with Crippen molar-refractivity contribution in [2.45, 2.75) is 19.4 Å². The smallest absolute Gasteiger partial charge is 0.281 e. The van der Waals surface area contributed by atoms with Gasteiger partial charge >= 0.3 is 0 Å². The number of nitrogens with zero attached hydrogens (tertiary/aromatic N) is 2. The van der Waals surface area contributed by atoms with Gasteiger partial charge in [-0.15, -0.1) is 11.3 Å². The number of amides is 1. The molecular formula is C25H24N2O5S. The van der Waals surface area contributed by atoms with Gasteiger partial charge in [0.2, 0.25) is 0 Å². The van der Waals surface area contributed by atoms with Crippen LogP contribution in [0.25, 0.3) is 0 Å². The molecule has 8 heteroatoms. The summed E-state index contributed by atoms with van der Waals surface area (Å²) in [4.78, 5) is 26.1. The minimum Gasteiger partial charge on any atom is -0.493 e. The van der Waals surface area contributed by atoms with Crippen molar-refractivity contribution in [2.75, 3.05) is 20.8 Å². The summed E-state index contributed by atoms with van der Waals surface area (Å²) in [6.07, 6.45) is 0.561. The predicted octanol–water partition coefficient (Wildman–Crippen LogP) is 4.72. The molecule has 0 saturated carbocycles. The molecule has 7 nitrogen and oxygen atoms in total. The lowest BCUT2D eigenvalue weighted by atomic mass is 10.0. The number of Topliss-reactive ketones (excluding diaryl/α,β-unsaturated/α-hetero) is 1. The molecule has 170 valence electrons. The predicted molar refractivity (Wildman–Crippen MR) is 127 cm³/mol. The Bertz CT molecular complexity index is 1190. The van der Waals surface area contributed by atoms with Crippen molar-refractivity contribution in [3.63, 3.8) is 0 Å². The first-order chi connectivity index (χ1) is 16.0. The van der Waals surface area contributed by atoms with Crippen LogP contribution in [0.2, 0.25) is 0 Å². The fourth-order valence-electron chi connectivity index (χ4n) is 3.74. The second-order valence-electron chi connectivity index (χ2n) is 7.44. The van der Waals surface area contributed by atoms with Crippen LogP contribution in [0.3, 0.4) is 0 Å². The minimum atomic E-state index is -0.318. The third-order valence-electron chi connectivity index (χ3n) is 5.38. The highest BCUT2D eigenvalue weighted by Gasteiger charge is 2.34. The van der Waals surface area contributed by atoms with Crippen LogP contribution in [-0.4, -0.2) is 43.2 Å². The summed E-state index contributed by atoms with van der Waals surface area (Å²) in [6.45, 7) is 1.23. The maximum Gasteiger partial charge on any atom is 0.281 e. The highest BCUT2D eigenvalue weighted by molar-refractivity contribution is 7.12. The van der Waals surface area contributed by atoms with Crippen LogP contribution in [-0.2, 0) is 4.79 Å². The second-order valence-corrected chi connectivity index (χ2v) is 8.39. The van der Waals surface area contributed by atoms with Gasteiger partial charge in [0.25, 0.3) is 5.91 Å². The summed E-state index contributed by atoms with van der Waals surface area (Å²) in [5, 5.41) is 8.09. The third-order valence-corrected chi connectivity index (χ3v) is 6.30. The van der Waals surface area contributed by atoms with Crippen molar-refractivity contribution >= 4 is 28.7 Å². The number of hydrogen-bond acceptors (Lipinski definition) is 7. The van der Waals surface area contributed by atoms with Gasteiger partial charge in [-0.05, 0) is 48.2 Å². The molecule has 0 unspecified atom stereocenters. The highest BCUT2D eigenvalue weighted by atomic mass is 32.1. The summed E-state index contributed by atoms with van der Waals surface area (Å²) in [6, 6.07) is 16.1. The number of carbonyl (C=O) groups is 2. The van der Waals surface area contributed by atoms with E-state index in [4.69, 9.17) is 14.2 Å². The Morgan fingerprint density at radius 2 is 1.82 bits per heavy atom. The molecule has 4 rings (SSSR count). The van der Waals surface area contributed by atoms with Gasteiger partial charge < -0.3 is 14.2 Å². The van der Waals surface area contributed by atoms with Crippen LogP contribution in [0, 0.1) is 0 Å². The van der Waals surface area contributed by atoms with Gasteiger partial charge in [0.15, 0.2) is 23.9 Å². The molecule has 1 aliphatic heterocycles. The Kier molecular flexibility index (Phi) is 6.74. The van der Waals surface area contributed by atoms with Crippen LogP contribution < -0.4 is 14.2 Å². The van der Waals surface area contributed by atoms with E-state index in [9.17, 15) is 9.59 Å². The number of rotatable bonds is 8. The summed E-state index contributed by atoms with van der Waals surface area (Å²) < 4.78 is 16.5. The summed E-state index contributed by atoms with van der Waals surface area (Å²) in [5.41, 5.74) is 2.15. The third kappa shape index (κ3) is 4.75. The van der Waals surface area contributed by atoms with Gasteiger partial charge in [-0.25, -0.2) is 5.01 Å². The van der Waals surface area contributed by atoms with E-state index in [1.165, 1.54) is 11.9 Å². The molecule has 1 aliphatic rings. The maximum absolute atomic E-state index is 13.2. The Hall–Kier alpha value is -3.65. The Morgan fingerprint density at radius 3 is 2.52 bits per heavy atom. The summed E-state index contributed by atoms with van der Waals surface area (Å²) in [7, 11) is 3.16. The number of hydrazone groups is 1. The zero-order valence-corrected chi connectivity index (χ0v) is 19.4. The first kappa shape index (κ1) is 22.5. The zero-order chi connectivity index (χ0) is 23.4. The molecule has 1 aromatic heterocycles. The van der Waals surface area contributed by atoms with E-state index >= 15 is 0 Å². The number of hydrogen-bond donors (Lipinski definition) is 0. The number of ether oxygens (including phenoxy) is 3. The largest absolute Gasteiger partial charge is 0.493 e. The lowest BCUT2D eigenvalue weighted by Gasteiger charge is -2.23. The molecule has 0 saturated heterocycles. The maximum atomic E-state index is 13.2. The van der Waals surface area contributed by atoms with Gasteiger partial charge in [-0.1, -0.05) is 24.3 Å². The summed E-state index contributed by atoms with van der Waals surface area (Å²) in [5.74, 6) is 1.14. The molecule has 0 fully saturated rings. The molecular weight excluding hydrogens is 440 g/mol. The number of benzene rings is 2. The van der Waals surface area contributed by atoms with Crippen LogP contribution in [0.1, 0.15) is 40.2 Å². The lowest BCUT2D eigenvalue weighted by molar-refractivity contribution is -0.135. The van der Waals surface area contributed by atoms with E-state index in [2.05, 4.69) is 5.10 Å². The molecule has 1 atom stereocenters. The van der Waals surface area contributed by atoms with Crippen LogP contribution in [0.15, 0.2) is 65.1 Å². The second kappa shape index (κ2) is 9.87. The Balaban J connectivity index is 1.61.